The largest absolute Gasteiger partial charge is 0.508 e. The summed E-state index contributed by atoms with van der Waals surface area (Å²) >= 11 is 0. The fourth-order valence-corrected chi connectivity index (χ4v) is 2.78. The molecule has 3 aromatic rings. The average molecular weight is 396 g/mol. The zero-order chi connectivity index (χ0) is 20.9. The molecule has 0 spiro atoms. The summed E-state index contributed by atoms with van der Waals surface area (Å²) in [5.41, 5.74) is 0.541. The van der Waals surface area contributed by atoms with E-state index in [0.29, 0.717) is 36.6 Å². The number of phenolic OH excluding ortho intramolecular Hbond substituents is 1. The van der Waals surface area contributed by atoms with Gasteiger partial charge in [0.05, 0.1) is 17.2 Å². The minimum Gasteiger partial charge on any atom is -0.508 e. The van der Waals surface area contributed by atoms with Crippen molar-refractivity contribution in [3.8, 4) is 23.7 Å². The summed E-state index contributed by atoms with van der Waals surface area (Å²) in [5, 5.41) is 22.5. The first-order valence-electron chi connectivity index (χ1n) is 8.64. The number of rotatable bonds is 4. The topological polar surface area (TPSA) is 74.7 Å². The highest BCUT2D eigenvalue weighted by molar-refractivity contribution is 5.53. The molecule has 8 heteroatoms. The molecule has 2 aromatic carbocycles. The zero-order valence-electron chi connectivity index (χ0n) is 15.1. The van der Waals surface area contributed by atoms with E-state index in [2.05, 4.69) is 28.0 Å². The van der Waals surface area contributed by atoms with Crippen LogP contribution in [-0.4, -0.2) is 19.9 Å². The van der Waals surface area contributed by atoms with Crippen molar-refractivity contribution >= 4 is 0 Å². The Balaban J connectivity index is 1.89. The van der Waals surface area contributed by atoms with Gasteiger partial charge in [0.15, 0.2) is 0 Å². The van der Waals surface area contributed by atoms with Crippen LogP contribution < -0.4 is 0 Å². The van der Waals surface area contributed by atoms with E-state index >= 15 is 0 Å². The molecule has 146 valence electrons. The summed E-state index contributed by atoms with van der Waals surface area (Å²) in [6, 6.07) is 9.90. The molecule has 0 saturated carbocycles. The number of halogens is 3. The number of alkyl halides is 3. The van der Waals surface area contributed by atoms with Crippen molar-refractivity contribution in [2.75, 3.05) is 0 Å². The molecular weight excluding hydrogens is 381 g/mol. The fraction of sp³-hybridized carbons (Fsp3) is 0.190. The number of aryl methyl sites for hydroxylation is 2. The van der Waals surface area contributed by atoms with Gasteiger partial charge < -0.3 is 5.11 Å². The summed E-state index contributed by atoms with van der Waals surface area (Å²) in [4.78, 5) is 3.87. The van der Waals surface area contributed by atoms with Crippen LogP contribution in [0.3, 0.4) is 0 Å². The van der Waals surface area contributed by atoms with E-state index in [4.69, 9.17) is 5.26 Å². The zero-order valence-corrected chi connectivity index (χ0v) is 15.1. The number of nitriles is 1. The Morgan fingerprint density at radius 2 is 1.83 bits per heavy atom. The van der Waals surface area contributed by atoms with Gasteiger partial charge in [0, 0.05) is 17.7 Å². The highest BCUT2D eigenvalue weighted by Gasteiger charge is 2.33. The van der Waals surface area contributed by atoms with Gasteiger partial charge in [0.25, 0.3) is 0 Å². The number of aromatic hydroxyl groups is 1. The number of phenols is 1. The summed E-state index contributed by atoms with van der Waals surface area (Å²) in [7, 11) is 0. The Morgan fingerprint density at radius 3 is 2.52 bits per heavy atom. The molecule has 0 radical (unpaired) electrons. The molecule has 1 aromatic heterocycles. The van der Waals surface area contributed by atoms with Crippen molar-refractivity contribution in [2.45, 2.75) is 25.6 Å². The van der Waals surface area contributed by atoms with Gasteiger partial charge in [-0.05, 0) is 54.8 Å². The van der Waals surface area contributed by atoms with E-state index < -0.39 is 17.5 Å². The van der Waals surface area contributed by atoms with Gasteiger partial charge in [-0.1, -0.05) is 11.8 Å². The van der Waals surface area contributed by atoms with Gasteiger partial charge in [-0.25, -0.2) is 4.98 Å². The van der Waals surface area contributed by atoms with Gasteiger partial charge >= 0.3 is 6.18 Å². The predicted octanol–water partition coefficient (Wildman–Crippen LogP) is 3.91. The summed E-state index contributed by atoms with van der Waals surface area (Å²) in [6.07, 6.45) is -0.339. The lowest BCUT2D eigenvalue weighted by Crippen LogP contribution is -2.07. The van der Waals surface area contributed by atoms with Crippen molar-refractivity contribution in [1.82, 2.24) is 14.8 Å². The lowest BCUT2D eigenvalue weighted by atomic mass is 9.99. The third-order valence-corrected chi connectivity index (χ3v) is 4.17. The first kappa shape index (κ1) is 20.0. The first-order valence-corrected chi connectivity index (χ1v) is 8.64. The third kappa shape index (κ3) is 5.14. The molecule has 5 nitrogen and oxygen atoms in total. The lowest BCUT2D eigenvalue weighted by molar-refractivity contribution is -0.137. The third-order valence-electron chi connectivity index (χ3n) is 4.17. The standard InChI is InChI=1S/C21H15F3N4O/c22-21(23,24)20-11-19(29)8-7-17(20)6-5-16-4-3-15(12-25)10-18(16)2-1-9-28-14-26-13-27-28/h3-4,7-8,10-11,13-14,29H,1-2,9H2. The molecule has 1 N–H and O–H groups in total. The van der Waals surface area contributed by atoms with Crippen molar-refractivity contribution in [3.05, 3.63) is 76.9 Å². The Labute approximate surface area is 165 Å². The Kier molecular flexibility index (Phi) is 5.85. The number of aromatic nitrogens is 3. The van der Waals surface area contributed by atoms with Crippen molar-refractivity contribution < 1.29 is 18.3 Å². The molecule has 29 heavy (non-hydrogen) atoms. The van der Waals surface area contributed by atoms with Crippen LogP contribution in [0.2, 0.25) is 0 Å². The second-order valence-electron chi connectivity index (χ2n) is 6.22. The molecule has 0 aliphatic rings. The molecule has 0 saturated heterocycles. The van der Waals surface area contributed by atoms with E-state index in [0.717, 1.165) is 17.7 Å². The van der Waals surface area contributed by atoms with Crippen LogP contribution in [-0.2, 0) is 19.1 Å². The van der Waals surface area contributed by atoms with Gasteiger partial charge in [-0.2, -0.15) is 23.5 Å². The van der Waals surface area contributed by atoms with Crippen molar-refractivity contribution in [2.24, 2.45) is 0 Å². The lowest BCUT2D eigenvalue weighted by Gasteiger charge is -2.09. The molecule has 3 rings (SSSR count). The van der Waals surface area contributed by atoms with Crippen LogP contribution in [0.4, 0.5) is 13.2 Å². The predicted molar refractivity (Wildman–Crippen MR) is 98.6 cm³/mol. The monoisotopic (exact) mass is 396 g/mol. The fourth-order valence-electron chi connectivity index (χ4n) is 2.78. The van der Waals surface area contributed by atoms with Gasteiger partial charge in [-0.3, -0.25) is 4.68 Å². The van der Waals surface area contributed by atoms with E-state index in [1.165, 1.54) is 6.33 Å². The van der Waals surface area contributed by atoms with Crippen LogP contribution in [0.25, 0.3) is 0 Å². The van der Waals surface area contributed by atoms with E-state index in [1.54, 1.807) is 29.2 Å². The maximum atomic E-state index is 13.2. The second kappa shape index (κ2) is 8.49. The Hall–Kier alpha value is -3.78. The van der Waals surface area contributed by atoms with Crippen molar-refractivity contribution in [3.63, 3.8) is 0 Å². The maximum Gasteiger partial charge on any atom is 0.417 e. The Bertz CT molecular complexity index is 1100. The number of benzene rings is 2. The molecule has 1 heterocycles. The molecule has 0 unspecified atom stereocenters. The molecular formula is C21H15F3N4O. The first-order chi connectivity index (χ1) is 13.9. The molecule has 0 aliphatic carbocycles. The second-order valence-corrected chi connectivity index (χ2v) is 6.22. The molecule has 0 bridgehead atoms. The van der Waals surface area contributed by atoms with E-state index in [1.807, 2.05) is 0 Å². The summed E-state index contributed by atoms with van der Waals surface area (Å²) in [6.45, 7) is 0.611. The highest BCUT2D eigenvalue weighted by Crippen LogP contribution is 2.33. The number of hydrogen-bond acceptors (Lipinski definition) is 4. The molecule has 0 atom stereocenters. The van der Waals surface area contributed by atoms with Crippen LogP contribution in [0.15, 0.2) is 49.1 Å². The van der Waals surface area contributed by atoms with Crippen LogP contribution in [0, 0.1) is 23.2 Å². The van der Waals surface area contributed by atoms with E-state index in [-0.39, 0.29) is 5.56 Å². The van der Waals surface area contributed by atoms with Crippen molar-refractivity contribution in [1.29, 1.82) is 5.26 Å². The normalized spacial score (nSPS) is 10.8. The van der Waals surface area contributed by atoms with Crippen LogP contribution in [0.5, 0.6) is 5.75 Å². The van der Waals surface area contributed by atoms with Gasteiger partial charge in [0.1, 0.15) is 18.4 Å². The Morgan fingerprint density at radius 1 is 1.07 bits per heavy atom. The molecule has 0 fully saturated rings. The summed E-state index contributed by atoms with van der Waals surface area (Å²) < 4.78 is 41.3. The smallest absolute Gasteiger partial charge is 0.417 e. The SMILES string of the molecule is N#Cc1ccc(C#Cc2ccc(O)cc2C(F)(F)F)c(CCCn2cncn2)c1. The minimum absolute atomic E-state index is 0.228. The molecule has 0 amide bonds. The van der Waals surface area contributed by atoms with E-state index in [9.17, 15) is 18.3 Å². The number of hydrogen-bond donors (Lipinski definition) is 1. The summed E-state index contributed by atoms with van der Waals surface area (Å²) in [5.74, 6) is 4.86. The van der Waals surface area contributed by atoms with Gasteiger partial charge in [0.2, 0.25) is 0 Å². The maximum absolute atomic E-state index is 13.2. The minimum atomic E-state index is -4.63. The quantitative estimate of drug-likeness (QED) is 0.679. The number of nitrogens with zero attached hydrogens (tertiary/aromatic N) is 4. The average Bonchev–Trinajstić information content (AvgIpc) is 3.20. The van der Waals surface area contributed by atoms with Gasteiger partial charge in [-0.15, -0.1) is 0 Å². The van der Waals surface area contributed by atoms with Crippen LogP contribution in [0.1, 0.15) is 34.2 Å². The molecule has 0 aliphatic heterocycles. The highest BCUT2D eigenvalue weighted by atomic mass is 19.4. The van der Waals surface area contributed by atoms with Crippen LogP contribution >= 0.6 is 0 Å².